The third-order valence-electron chi connectivity index (χ3n) is 3.16. The molecule has 0 aliphatic heterocycles. The maximum Gasteiger partial charge on any atom is 0.315 e. The molecule has 0 unspecified atom stereocenters. The summed E-state index contributed by atoms with van der Waals surface area (Å²) in [7, 11) is 0. The molecule has 2 rings (SSSR count). The lowest BCUT2D eigenvalue weighted by Gasteiger charge is -2.18. The van der Waals surface area contributed by atoms with E-state index in [0.717, 1.165) is 18.4 Å². The van der Waals surface area contributed by atoms with Crippen LogP contribution >= 0.6 is 0 Å². The summed E-state index contributed by atoms with van der Waals surface area (Å²) in [6.45, 7) is 0.565. The third-order valence-corrected chi connectivity index (χ3v) is 3.16. The number of aliphatic hydroxyl groups excluding tert-OH is 1. The minimum Gasteiger partial charge on any atom is -0.399 e. The summed E-state index contributed by atoms with van der Waals surface area (Å²) in [5.74, 6) is 0. The van der Waals surface area contributed by atoms with E-state index in [4.69, 9.17) is 10.8 Å². The molecule has 0 radical (unpaired) electrons. The Hall–Kier alpha value is -1.75. The van der Waals surface area contributed by atoms with Gasteiger partial charge in [-0.3, -0.25) is 0 Å². The second-order valence-electron chi connectivity index (χ2n) is 4.67. The van der Waals surface area contributed by atoms with E-state index in [-0.39, 0.29) is 18.2 Å². The van der Waals surface area contributed by atoms with E-state index in [9.17, 15) is 4.79 Å². The van der Waals surface area contributed by atoms with Crippen molar-refractivity contribution >= 4 is 11.7 Å². The van der Waals surface area contributed by atoms with Gasteiger partial charge in [-0.05, 0) is 37.0 Å². The van der Waals surface area contributed by atoms with Gasteiger partial charge in [-0.15, -0.1) is 0 Å². The lowest BCUT2D eigenvalue weighted by Crippen LogP contribution is -2.42. The summed E-state index contributed by atoms with van der Waals surface area (Å²) < 4.78 is 0. The first-order valence-electron chi connectivity index (χ1n) is 6.19. The summed E-state index contributed by atoms with van der Waals surface area (Å²) in [6.07, 6.45) is 2.44. The van der Waals surface area contributed by atoms with Crippen molar-refractivity contribution < 1.29 is 9.90 Å². The Morgan fingerprint density at radius 1 is 1.44 bits per heavy atom. The Kier molecular flexibility index (Phi) is 3.72. The topological polar surface area (TPSA) is 87.4 Å². The molecule has 5 nitrogen and oxygen atoms in total. The van der Waals surface area contributed by atoms with Crippen LogP contribution in [0.5, 0.6) is 0 Å². The molecule has 0 saturated heterocycles. The molecule has 0 heterocycles. The number of rotatable bonds is 5. The van der Waals surface area contributed by atoms with E-state index in [1.165, 1.54) is 0 Å². The van der Waals surface area contributed by atoms with Crippen LogP contribution in [0.25, 0.3) is 0 Å². The van der Waals surface area contributed by atoms with Crippen molar-refractivity contribution in [3.05, 3.63) is 29.8 Å². The summed E-state index contributed by atoms with van der Waals surface area (Å²) in [5, 5.41) is 14.4. The van der Waals surface area contributed by atoms with E-state index in [2.05, 4.69) is 10.6 Å². The van der Waals surface area contributed by atoms with Crippen molar-refractivity contribution in [3.8, 4) is 0 Å². The monoisotopic (exact) mass is 249 g/mol. The number of carbonyl (C=O) groups is 1. The number of amides is 2. The summed E-state index contributed by atoms with van der Waals surface area (Å²) in [5.41, 5.74) is 7.27. The van der Waals surface area contributed by atoms with Crippen LogP contribution < -0.4 is 16.4 Å². The first-order valence-corrected chi connectivity index (χ1v) is 6.19. The predicted octanol–water partition coefficient (Wildman–Crippen LogP) is 0.939. The molecule has 5 heteroatoms. The van der Waals surface area contributed by atoms with E-state index in [1.807, 2.05) is 24.3 Å². The van der Waals surface area contributed by atoms with Crippen LogP contribution in [0, 0.1) is 0 Å². The number of benzene rings is 1. The van der Waals surface area contributed by atoms with Gasteiger partial charge >= 0.3 is 6.03 Å². The molecule has 1 aromatic rings. The fraction of sp³-hybridized carbons (Fsp3) is 0.462. The predicted molar refractivity (Wildman–Crippen MR) is 70.0 cm³/mol. The number of aliphatic hydroxyl groups is 1. The Bertz CT molecular complexity index is 430. The minimum atomic E-state index is -0.251. The zero-order chi connectivity index (χ0) is 13.0. The Morgan fingerprint density at radius 2 is 2.22 bits per heavy atom. The average Bonchev–Trinajstić information content (AvgIpc) is 3.10. The highest BCUT2D eigenvalue weighted by Crippen LogP contribution is 2.45. The lowest BCUT2D eigenvalue weighted by atomic mass is 10.0. The van der Waals surface area contributed by atoms with Crippen LogP contribution in [0.2, 0.25) is 0 Å². The Morgan fingerprint density at radius 3 is 2.83 bits per heavy atom. The quantitative estimate of drug-likeness (QED) is 0.462. The molecule has 5 N–H and O–H groups in total. The van der Waals surface area contributed by atoms with Crippen LogP contribution in [0.1, 0.15) is 24.8 Å². The van der Waals surface area contributed by atoms with Gasteiger partial charge in [0.2, 0.25) is 0 Å². The fourth-order valence-corrected chi connectivity index (χ4v) is 1.99. The number of nitrogens with one attached hydrogen (secondary N) is 2. The Labute approximate surface area is 106 Å². The number of anilines is 1. The van der Waals surface area contributed by atoms with Gasteiger partial charge in [0.05, 0.1) is 5.54 Å². The molecule has 1 aliphatic carbocycles. The molecule has 1 saturated carbocycles. The molecule has 18 heavy (non-hydrogen) atoms. The molecule has 98 valence electrons. The van der Waals surface area contributed by atoms with Crippen LogP contribution in [0.3, 0.4) is 0 Å². The molecular weight excluding hydrogens is 230 g/mol. The van der Waals surface area contributed by atoms with Gasteiger partial charge in [-0.2, -0.15) is 0 Å². The molecule has 0 bridgehead atoms. The van der Waals surface area contributed by atoms with Gasteiger partial charge in [0.25, 0.3) is 0 Å². The molecule has 0 aromatic heterocycles. The zero-order valence-corrected chi connectivity index (χ0v) is 10.3. The number of carbonyl (C=O) groups excluding carboxylic acids is 1. The second-order valence-corrected chi connectivity index (χ2v) is 4.67. The summed E-state index contributed by atoms with van der Waals surface area (Å²) in [4.78, 5) is 11.7. The van der Waals surface area contributed by atoms with Crippen molar-refractivity contribution in [1.82, 2.24) is 10.6 Å². The number of nitrogen functional groups attached to an aromatic ring is 1. The molecule has 1 fully saturated rings. The molecule has 1 aliphatic rings. The van der Waals surface area contributed by atoms with Crippen molar-refractivity contribution in [1.29, 1.82) is 0 Å². The van der Waals surface area contributed by atoms with E-state index in [0.29, 0.717) is 18.7 Å². The first kappa shape index (κ1) is 12.7. The van der Waals surface area contributed by atoms with Gasteiger partial charge < -0.3 is 21.5 Å². The van der Waals surface area contributed by atoms with Crippen LogP contribution in [-0.4, -0.2) is 24.3 Å². The van der Waals surface area contributed by atoms with Crippen molar-refractivity contribution in [3.63, 3.8) is 0 Å². The fourth-order valence-electron chi connectivity index (χ4n) is 1.99. The minimum absolute atomic E-state index is 0.0840. The maximum absolute atomic E-state index is 11.7. The summed E-state index contributed by atoms with van der Waals surface area (Å²) in [6, 6.07) is 7.43. The highest BCUT2D eigenvalue weighted by molar-refractivity contribution is 5.75. The molecule has 0 spiro atoms. The highest BCUT2D eigenvalue weighted by atomic mass is 16.3. The average molecular weight is 249 g/mol. The highest BCUT2D eigenvalue weighted by Gasteiger charge is 2.45. The van der Waals surface area contributed by atoms with E-state index in [1.54, 1.807) is 0 Å². The number of hydrogen-bond donors (Lipinski definition) is 4. The van der Waals surface area contributed by atoms with Gasteiger partial charge in [0.15, 0.2) is 0 Å². The smallest absolute Gasteiger partial charge is 0.315 e. The number of nitrogens with two attached hydrogens (primary N) is 1. The van der Waals surface area contributed by atoms with Crippen molar-refractivity contribution in [2.45, 2.75) is 24.8 Å². The number of urea groups is 1. The van der Waals surface area contributed by atoms with Crippen LogP contribution in [0.4, 0.5) is 10.5 Å². The van der Waals surface area contributed by atoms with Gasteiger partial charge in [-0.25, -0.2) is 4.79 Å². The maximum atomic E-state index is 11.7. The largest absolute Gasteiger partial charge is 0.399 e. The van der Waals surface area contributed by atoms with Crippen LogP contribution in [-0.2, 0) is 5.54 Å². The lowest BCUT2D eigenvalue weighted by molar-refractivity contribution is 0.233. The van der Waals surface area contributed by atoms with Gasteiger partial charge in [-0.1, -0.05) is 12.1 Å². The normalized spacial score (nSPS) is 16.1. The van der Waals surface area contributed by atoms with Gasteiger partial charge in [0, 0.05) is 18.8 Å². The number of hydrogen-bond acceptors (Lipinski definition) is 3. The molecule has 2 amide bonds. The summed E-state index contributed by atoms with van der Waals surface area (Å²) >= 11 is 0. The zero-order valence-electron chi connectivity index (χ0n) is 10.3. The molecule has 1 aromatic carbocycles. The SMILES string of the molecule is Nc1cccc(C2(NC(=O)NCCCO)CC2)c1. The second kappa shape index (κ2) is 5.27. The van der Waals surface area contributed by atoms with Crippen molar-refractivity contribution in [2.24, 2.45) is 0 Å². The third kappa shape index (κ3) is 2.92. The standard InChI is InChI=1S/C13H19N3O2/c14-11-4-1-3-10(9-11)13(5-6-13)16-12(18)15-7-2-8-17/h1,3-4,9,17H,2,5-8,14H2,(H2,15,16,18). The first-order chi connectivity index (χ1) is 8.66. The Balaban J connectivity index is 1.94. The van der Waals surface area contributed by atoms with Crippen LogP contribution in [0.15, 0.2) is 24.3 Å². The van der Waals surface area contributed by atoms with E-state index >= 15 is 0 Å². The van der Waals surface area contributed by atoms with Crippen molar-refractivity contribution in [2.75, 3.05) is 18.9 Å². The molecule has 0 atom stereocenters. The van der Waals surface area contributed by atoms with E-state index < -0.39 is 0 Å². The molecular formula is C13H19N3O2. The van der Waals surface area contributed by atoms with Gasteiger partial charge in [0.1, 0.15) is 0 Å².